The molecule has 7 heteroatoms. The molecule has 2 aromatic carbocycles. The van der Waals surface area contributed by atoms with Crippen LogP contribution in [0.2, 0.25) is 0 Å². The van der Waals surface area contributed by atoms with Gasteiger partial charge in [0.1, 0.15) is 11.5 Å². The number of H-pyrrole nitrogens is 1. The number of rotatable bonds is 2. The summed E-state index contributed by atoms with van der Waals surface area (Å²) >= 11 is 1.53. The van der Waals surface area contributed by atoms with E-state index in [4.69, 9.17) is 0 Å². The standard InChI is InChI=1S/C16H10FN3O2S/c1-23-9-3-5-13-11(7-9)14(19-22)15-18-12-6-8(17)2-4-10(12)16(21)20(13)15/h2-7,18H,1H3. The van der Waals surface area contributed by atoms with Crippen molar-refractivity contribution in [2.24, 2.45) is 5.18 Å². The van der Waals surface area contributed by atoms with Crippen molar-refractivity contribution in [1.82, 2.24) is 9.38 Å². The van der Waals surface area contributed by atoms with Crippen molar-refractivity contribution in [1.29, 1.82) is 0 Å². The number of fused-ring (bicyclic) bond motifs is 4. The van der Waals surface area contributed by atoms with Gasteiger partial charge >= 0.3 is 0 Å². The second-order valence-corrected chi connectivity index (χ2v) is 6.01. The van der Waals surface area contributed by atoms with E-state index in [1.165, 1.54) is 34.4 Å². The third kappa shape index (κ3) is 1.90. The largest absolute Gasteiger partial charge is 0.339 e. The number of halogens is 1. The number of hydrogen-bond acceptors (Lipinski definition) is 4. The third-order valence-corrected chi connectivity index (χ3v) is 4.63. The topological polar surface area (TPSA) is 66.7 Å². The summed E-state index contributed by atoms with van der Waals surface area (Å²) in [4.78, 5) is 28.0. The molecule has 0 atom stereocenters. The predicted molar refractivity (Wildman–Crippen MR) is 90.2 cm³/mol. The molecule has 0 bridgehead atoms. The van der Waals surface area contributed by atoms with E-state index in [0.29, 0.717) is 21.8 Å². The van der Waals surface area contributed by atoms with Gasteiger partial charge in [0.05, 0.1) is 16.4 Å². The lowest BCUT2D eigenvalue weighted by atomic mass is 10.2. The van der Waals surface area contributed by atoms with Crippen LogP contribution in [0.15, 0.2) is 51.3 Å². The molecule has 2 aromatic heterocycles. The van der Waals surface area contributed by atoms with E-state index in [1.807, 2.05) is 18.4 Å². The highest BCUT2D eigenvalue weighted by Gasteiger charge is 2.17. The van der Waals surface area contributed by atoms with Crippen molar-refractivity contribution in [3.63, 3.8) is 0 Å². The maximum absolute atomic E-state index is 13.4. The molecule has 0 aliphatic heterocycles. The second-order valence-electron chi connectivity index (χ2n) is 5.13. The molecule has 1 N–H and O–H groups in total. The summed E-state index contributed by atoms with van der Waals surface area (Å²) in [7, 11) is 0. The first-order valence-corrected chi connectivity index (χ1v) is 8.03. The van der Waals surface area contributed by atoms with Gasteiger partial charge in [0, 0.05) is 10.3 Å². The Morgan fingerprint density at radius 3 is 2.74 bits per heavy atom. The van der Waals surface area contributed by atoms with Crippen molar-refractivity contribution < 1.29 is 4.39 Å². The highest BCUT2D eigenvalue weighted by molar-refractivity contribution is 7.98. The van der Waals surface area contributed by atoms with Crippen molar-refractivity contribution in [3.05, 3.63) is 57.5 Å². The number of thioether (sulfide) groups is 1. The Balaban J connectivity index is 2.30. The lowest BCUT2D eigenvalue weighted by Gasteiger charge is -2.02. The molecule has 0 saturated carbocycles. The molecule has 2 heterocycles. The minimum atomic E-state index is -0.459. The SMILES string of the molecule is CSc1ccc2c(c1)c(N=O)c1[nH]c3cc(F)ccc3c(=O)n12. The first kappa shape index (κ1) is 14.0. The van der Waals surface area contributed by atoms with Crippen LogP contribution in [0.1, 0.15) is 0 Å². The second kappa shape index (κ2) is 4.92. The Morgan fingerprint density at radius 1 is 1.17 bits per heavy atom. The molecule has 0 fully saturated rings. The van der Waals surface area contributed by atoms with E-state index in [9.17, 15) is 14.1 Å². The van der Waals surface area contributed by atoms with Gasteiger partial charge in [-0.05, 0) is 47.8 Å². The van der Waals surface area contributed by atoms with Gasteiger partial charge in [-0.15, -0.1) is 16.7 Å². The Bertz CT molecular complexity index is 1160. The van der Waals surface area contributed by atoms with Crippen molar-refractivity contribution in [2.75, 3.05) is 6.26 Å². The lowest BCUT2D eigenvalue weighted by Crippen LogP contribution is -2.13. The average molecular weight is 327 g/mol. The van der Waals surface area contributed by atoms with Gasteiger partial charge < -0.3 is 4.98 Å². The van der Waals surface area contributed by atoms with Gasteiger partial charge in [0.15, 0.2) is 5.69 Å². The van der Waals surface area contributed by atoms with Crippen molar-refractivity contribution >= 4 is 44.9 Å². The van der Waals surface area contributed by atoms with E-state index >= 15 is 0 Å². The van der Waals surface area contributed by atoms with Crippen LogP contribution in [-0.2, 0) is 0 Å². The summed E-state index contributed by atoms with van der Waals surface area (Å²) in [5, 5.41) is 4.03. The van der Waals surface area contributed by atoms with Gasteiger partial charge in [-0.1, -0.05) is 0 Å². The summed E-state index contributed by atoms with van der Waals surface area (Å²) in [6, 6.07) is 9.38. The molecule has 5 nitrogen and oxygen atoms in total. The van der Waals surface area contributed by atoms with Crippen LogP contribution in [0.3, 0.4) is 0 Å². The summed E-state index contributed by atoms with van der Waals surface area (Å²) in [5.41, 5.74) is 1.04. The molecule has 0 amide bonds. The van der Waals surface area contributed by atoms with Crippen LogP contribution < -0.4 is 5.56 Å². The normalized spacial score (nSPS) is 11.6. The first-order chi connectivity index (χ1) is 11.1. The van der Waals surface area contributed by atoms with Gasteiger partial charge in [-0.2, -0.15) is 0 Å². The van der Waals surface area contributed by atoms with Crippen LogP contribution in [0, 0.1) is 10.7 Å². The molecule has 0 spiro atoms. The quantitative estimate of drug-likeness (QED) is 0.443. The highest BCUT2D eigenvalue weighted by atomic mass is 32.2. The zero-order valence-electron chi connectivity index (χ0n) is 12.0. The van der Waals surface area contributed by atoms with Crippen LogP contribution in [0.25, 0.3) is 27.5 Å². The monoisotopic (exact) mass is 327 g/mol. The van der Waals surface area contributed by atoms with Crippen molar-refractivity contribution in [2.45, 2.75) is 4.90 Å². The maximum Gasteiger partial charge on any atom is 0.266 e. The molecule has 0 unspecified atom stereocenters. The van der Waals surface area contributed by atoms with Crippen molar-refractivity contribution in [3.8, 4) is 0 Å². The van der Waals surface area contributed by atoms with Gasteiger partial charge in [0.2, 0.25) is 0 Å². The van der Waals surface area contributed by atoms with Crippen LogP contribution in [0.5, 0.6) is 0 Å². The third-order valence-electron chi connectivity index (χ3n) is 3.91. The number of nitrogens with one attached hydrogen (secondary N) is 1. The first-order valence-electron chi connectivity index (χ1n) is 6.81. The van der Waals surface area contributed by atoms with E-state index in [1.54, 1.807) is 6.07 Å². The Kier molecular flexibility index (Phi) is 2.99. The van der Waals surface area contributed by atoms with Crippen LogP contribution >= 0.6 is 11.8 Å². The molecule has 4 rings (SSSR count). The number of hydrogen-bond donors (Lipinski definition) is 1. The average Bonchev–Trinajstić information content (AvgIpc) is 2.87. The molecule has 0 radical (unpaired) electrons. The minimum Gasteiger partial charge on any atom is -0.339 e. The number of benzene rings is 2. The van der Waals surface area contributed by atoms with Gasteiger partial charge in [0.25, 0.3) is 5.56 Å². The van der Waals surface area contributed by atoms with E-state index in [-0.39, 0.29) is 16.9 Å². The van der Waals surface area contributed by atoms with E-state index in [0.717, 1.165) is 4.90 Å². The smallest absolute Gasteiger partial charge is 0.266 e. The number of aromatic amines is 1. The Labute approximate surface area is 133 Å². The van der Waals surface area contributed by atoms with Gasteiger partial charge in [-0.3, -0.25) is 9.20 Å². The molecular formula is C16H10FN3O2S. The number of aromatic nitrogens is 2. The number of nitrogens with zero attached hydrogens (tertiary/aromatic N) is 2. The molecule has 114 valence electrons. The Morgan fingerprint density at radius 2 is 2.00 bits per heavy atom. The maximum atomic E-state index is 13.4. The number of nitroso groups, excluding NO2 is 1. The summed E-state index contributed by atoms with van der Waals surface area (Å²) in [5.74, 6) is -0.459. The fraction of sp³-hybridized carbons (Fsp3) is 0.0625. The zero-order chi connectivity index (χ0) is 16.1. The van der Waals surface area contributed by atoms with Crippen LogP contribution in [0.4, 0.5) is 10.1 Å². The predicted octanol–water partition coefficient (Wildman–Crippen LogP) is 4.19. The molecule has 0 saturated heterocycles. The molecule has 0 aliphatic carbocycles. The molecule has 23 heavy (non-hydrogen) atoms. The minimum absolute atomic E-state index is 0.152. The summed E-state index contributed by atoms with van der Waals surface area (Å²) in [6.07, 6.45) is 1.92. The Hall–Kier alpha value is -2.67. The fourth-order valence-corrected chi connectivity index (χ4v) is 3.29. The summed E-state index contributed by atoms with van der Waals surface area (Å²) < 4.78 is 14.9. The lowest BCUT2D eigenvalue weighted by molar-refractivity contribution is 0.629. The zero-order valence-corrected chi connectivity index (χ0v) is 12.8. The van der Waals surface area contributed by atoms with Gasteiger partial charge in [-0.25, -0.2) is 4.39 Å². The van der Waals surface area contributed by atoms with Crippen LogP contribution in [-0.4, -0.2) is 15.6 Å². The highest BCUT2D eigenvalue weighted by Crippen LogP contribution is 2.34. The van der Waals surface area contributed by atoms with E-state index < -0.39 is 5.82 Å². The van der Waals surface area contributed by atoms with E-state index in [2.05, 4.69) is 10.2 Å². The molecular weight excluding hydrogens is 317 g/mol. The molecule has 0 aliphatic rings. The fourth-order valence-electron chi connectivity index (χ4n) is 2.85. The summed E-state index contributed by atoms with van der Waals surface area (Å²) in [6.45, 7) is 0. The molecule has 4 aromatic rings.